The number of rotatable bonds is 5. The molecule has 4 nitrogen and oxygen atoms in total. The third-order valence-electron chi connectivity index (χ3n) is 3.09. The Morgan fingerprint density at radius 3 is 3.00 bits per heavy atom. The Kier molecular flexibility index (Phi) is 5.39. The number of carbonyl (C=O) groups excluding carboxylic acids is 2. The Hall–Kier alpha value is -0.880. The number of piperidine rings is 1. The number of thiophene rings is 1. The molecule has 1 aromatic rings. The molecule has 2 heterocycles. The van der Waals surface area contributed by atoms with Crippen LogP contribution in [0.4, 0.5) is 0 Å². The molecule has 2 N–H and O–H groups in total. The lowest BCUT2D eigenvalue weighted by molar-refractivity contribution is -0.125. The highest BCUT2D eigenvalue weighted by atomic mass is 79.9. The average molecular weight is 345 g/mol. The van der Waals surface area contributed by atoms with E-state index in [0.717, 1.165) is 23.0 Å². The highest BCUT2D eigenvalue weighted by Crippen LogP contribution is 2.23. The fraction of sp³-hybridized carbons (Fsp3) is 0.538. The Morgan fingerprint density at radius 1 is 1.53 bits per heavy atom. The summed E-state index contributed by atoms with van der Waals surface area (Å²) in [5.74, 6) is 0.158. The summed E-state index contributed by atoms with van der Waals surface area (Å²) in [5.41, 5.74) is 0. The summed E-state index contributed by atoms with van der Waals surface area (Å²) >= 11 is 5.14. The SMILES string of the molecule is O=C1CCC(NC(=O)CCCc2ccc(Br)s2)CN1. The zero-order valence-electron chi connectivity index (χ0n) is 10.6. The van der Waals surface area contributed by atoms with Crippen molar-refractivity contribution in [3.05, 3.63) is 20.8 Å². The topological polar surface area (TPSA) is 58.2 Å². The van der Waals surface area contributed by atoms with Crippen LogP contribution in [0.3, 0.4) is 0 Å². The Labute approximate surface area is 125 Å². The van der Waals surface area contributed by atoms with Gasteiger partial charge in [-0.1, -0.05) is 0 Å². The third-order valence-corrected chi connectivity index (χ3v) is 4.77. The van der Waals surface area contributed by atoms with E-state index in [9.17, 15) is 9.59 Å². The Morgan fingerprint density at radius 2 is 2.37 bits per heavy atom. The van der Waals surface area contributed by atoms with Gasteiger partial charge in [-0.25, -0.2) is 0 Å². The van der Waals surface area contributed by atoms with E-state index in [1.807, 2.05) is 6.07 Å². The second kappa shape index (κ2) is 7.05. The van der Waals surface area contributed by atoms with E-state index in [-0.39, 0.29) is 17.9 Å². The molecule has 1 unspecified atom stereocenters. The van der Waals surface area contributed by atoms with E-state index in [0.29, 0.717) is 19.4 Å². The molecule has 0 saturated carbocycles. The maximum atomic E-state index is 11.8. The second-order valence-corrected chi connectivity index (χ2v) is 7.21. The molecular formula is C13H17BrN2O2S. The predicted molar refractivity (Wildman–Crippen MR) is 79.1 cm³/mol. The van der Waals surface area contributed by atoms with Crippen LogP contribution in [0.1, 0.15) is 30.6 Å². The van der Waals surface area contributed by atoms with Crippen molar-refractivity contribution in [2.45, 2.75) is 38.1 Å². The third kappa shape index (κ3) is 4.95. The fourth-order valence-corrected chi connectivity index (χ4v) is 3.59. The van der Waals surface area contributed by atoms with Gasteiger partial charge < -0.3 is 10.6 Å². The van der Waals surface area contributed by atoms with Crippen molar-refractivity contribution in [3.8, 4) is 0 Å². The zero-order chi connectivity index (χ0) is 13.7. The van der Waals surface area contributed by atoms with Crippen molar-refractivity contribution < 1.29 is 9.59 Å². The van der Waals surface area contributed by atoms with Crippen molar-refractivity contribution in [1.82, 2.24) is 10.6 Å². The second-order valence-electron chi connectivity index (χ2n) is 4.67. The molecule has 1 fully saturated rings. The van der Waals surface area contributed by atoms with Gasteiger partial charge >= 0.3 is 0 Å². The van der Waals surface area contributed by atoms with Crippen LogP contribution in [-0.2, 0) is 16.0 Å². The van der Waals surface area contributed by atoms with Crippen molar-refractivity contribution in [1.29, 1.82) is 0 Å². The van der Waals surface area contributed by atoms with E-state index >= 15 is 0 Å². The van der Waals surface area contributed by atoms with E-state index in [2.05, 4.69) is 32.6 Å². The van der Waals surface area contributed by atoms with Gasteiger partial charge in [0.15, 0.2) is 0 Å². The first-order valence-corrected chi connectivity index (χ1v) is 8.05. The minimum Gasteiger partial charge on any atom is -0.354 e. The van der Waals surface area contributed by atoms with Gasteiger partial charge in [0.2, 0.25) is 11.8 Å². The van der Waals surface area contributed by atoms with Gasteiger partial charge in [-0.2, -0.15) is 0 Å². The summed E-state index contributed by atoms with van der Waals surface area (Å²) in [6.07, 6.45) is 3.59. The van der Waals surface area contributed by atoms with Gasteiger partial charge in [0, 0.05) is 30.3 Å². The Bertz CT molecular complexity index is 451. The normalized spacial score (nSPS) is 19.0. The van der Waals surface area contributed by atoms with Crippen molar-refractivity contribution >= 4 is 39.1 Å². The van der Waals surface area contributed by atoms with Crippen LogP contribution in [0.25, 0.3) is 0 Å². The molecule has 1 saturated heterocycles. The molecule has 2 amide bonds. The monoisotopic (exact) mass is 344 g/mol. The molecule has 0 radical (unpaired) electrons. The van der Waals surface area contributed by atoms with Gasteiger partial charge in [0.05, 0.1) is 3.79 Å². The van der Waals surface area contributed by atoms with E-state index in [1.165, 1.54) is 4.88 Å². The molecule has 1 aliphatic heterocycles. The van der Waals surface area contributed by atoms with Crippen molar-refractivity contribution in [3.63, 3.8) is 0 Å². The summed E-state index contributed by atoms with van der Waals surface area (Å²) in [7, 11) is 0. The molecule has 1 aromatic heterocycles. The molecule has 0 aliphatic carbocycles. The van der Waals surface area contributed by atoms with Gasteiger partial charge in [-0.15, -0.1) is 11.3 Å². The minimum absolute atomic E-state index is 0.0776. The highest BCUT2D eigenvalue weighted by Gasteiger charge is 2.19. The molecular weight excluding hydrogens is 328 g/mol. The maximum absolute atomic E-state index is 11.8. The molecule has 2 rings (SSSR count). The lowest BCUT2D eigenvalue weighted by Gasteiger charge is -2.23. The van der Waals surface area contributed by atoms with Crippen molar-refractivity contribution in [2.24, 2.45) is 0 Å². The number of hydrogen-bond acceptors (Lipinski definition) is 3. The molecule has 1 atom stereocenters. The fourth-order valence-electron chi connectivity index (χ4n) is 2.07. The van der Waals surface area contributed by atoms with Crippen LogP contribution >= 0.6 is 27.3 Å². The molecule has 0 aromatic carbocycles. The van der Waals surface area contributed by atoms with Gasteiger partial charge in [0.25, 0.3) is 0 Å². The first-order chi connectivity index (χ1) is 9.13. The predicted octanol–water partition coefficient (Wildman–Crippen LogP) is 2.23. The number of aryl methyl sites for hydroxylation is 1. The molecule has 19 heavy (non-hydrogen) atoms. The number of amides is 2. The average Bonchev–Trinajstić information content (AvgIpc) is 2.78. The maximum Gasteiger partial charge on any atom is 0.220 e. The lowest BCUT2D eigenvalue weighted by Crippen LogP contribution is -2.47. The molecule has 0 spiro atoms. The summed E-state index contributed by atoms with van der Waals surface area (Å²) in [6.45, 7) is 0.558. The molecule has 1 aliphatic rings. The molecule has 6 heteroatoms. The van der Waals surface area contributed by atoms with Crippen LogP contribution in [-0.4, -0.2) is 24.4 Å². The molecule has 104 valence electrons. The smallest absolute Gasteiger partial charge is 0.220 e. The highest BCUT2D eigenvalue weighted by molar-refractivity contribution is 9.11. The minimum atomic E-state index is 0.0776. The van der Waals surface area contributed by atoms with Crippen LogP contribution in [0.2, 0.25) is 0 Å². The summed E-state index contributed by atoms with van der Waals surface area (Å²) in [4.78, 5) is 24.1. The number of halogens is 1. The number of carbonyl (C=O) groups is 2. The standard InChI is InChI=1S/C13H17BrN2O2S/c14-11-6-5-10(19-11)2-1-3-13(18)16-9-4-7-12(17)15-8-9/h5-6,9H,1-4,7-8H2,(H,15,17)(H,16,18). The van der Waals surface area contributed by atoms with Crippen LogP contribution in [0, 0.1) is 0 Å². The Balaban J connectivity index is 1.63. The summed E-state index contributed by atoms with van der Waals surface area (Å²) in [5, 5.41) is 5.74. The van der Waals surface area contributed by atoms with Crippen LogP contribution < -0.4 is 10.6 Å². The van der Waals surface area contributed by atoms with Crippen molar-refractivity contribution in [2.75, 3.05) is 6.54 Å². The van der Waals surface area contributed by atoms with Gasteiger partial charge in [-0.3, -0.25) is 9.59 Å². The largest absolute Gasteiger partial charge is 0.354 e. The van der Waals surface area contributed by atoms with E-state index < -0.39 is 0 Å². The summed E-state index contributed by atoms with van der Waals surface area (Å²) < 4.78 is 1.13. The van der Waals surface area contributed by atoms with Crippen LogP contribution in [0.5, 0.6) is 0 Å². The van der Waals surface area contributed by atoms with E-state index in [1.54, 1.807) is 11.3 Å². The summed E-state index contributed by atoms with van der Waals surface area (Å²) in [6, 6.07) is 4.22. The van der Waals surface area contributed by atoms with E-state index in [4.69, 9.17) is 0 Å². The number of nitrogens with one attached hydrogen (secondary N) is 2. The first-order valence-electron chi connectivity index (χ1n) is 6.44. The van der Waals surface area contributed by atoms with Gasteiger partial charge in [-0.05, 0) is 47.3 Å². The zero-order valence-corrected chi connectivity index (χ0v) is 13.0. The van der Waals surface area contributed by atoms with Crippen LogP contribution in [0.15, 0.2) is 15.9 Å². The lowest BCUT2D eigenvalue weighted by atomic mass is 10.1. The number of hydrogen-bond donors (Lipinski definition) is 2. The first kappa shape index (κ1) is 14.5. The van der Waals surface area contributed by atoms with Gasteiger partial charge in [0.1, 0.15) is 0 Å². The quantitative estimate of drug-likeness (QED) is 0.860. The molecule has 0 bridgehead atoms.